The summed E-state index contributed by atoms with van der Waals surface area (Å²) in [7, 11) is 0. The van der Waals surface area contributed by atoms with Crippen molar-refractivity contribution in [1.82, 2.24) is 0 Å². The summed E-state index contributed by atoms with van der Waals surface area (Å²) >= 11 is -1.99. The Labute approximate surface area is 144 Å². The van der Waals surface area contributed by atoms with Gasteiger partial charge in [0, 0.05) is 0 Å². The van der Waals surface area contributed by atoms with Gasteiger partial charge in [-0.2, -0.15) is 0 Å². The fraction of sp³-hybridized carbons (Fsp3) is 0.800. The Hall–Kier alpha value is 0.0587. The maximum absolute atomic E-state index is 5.47. The predicted molar refractivity (Wildman–Crippen MR) is 103 cm³/mol. The molecular weight excluding hydrogens is 375 g/mol. The average molecular weight is 413 g/mol. The first kappa shape index (κ1) is 22.1. The van der Waals surface area contributed by atoms with Crippen LogP contribution < -0.4 is 0 Å². The van der Waals surface area contributed by atoms with Crippen LogP contribution in [-0.4, -0.2) is 31.6 Å². The first-order valence-corrected chi connectivity index (χ1v) is 17.4. The summed E-state index contributed by atoms with van der Waals surface area (Å²) in [6.07, 6.45) is 16.1. The summed E-state index contributed by atoms with van der Waals surface area (Å²) in [5, 5.41) is 0. The first-order valence-electron chi connectivity index (χ1n) is 9.31. The summed E-state index contributed by atoms with van der Waals surface area (Å²) in [6.45, 7) is 10.4. The van der Waals surface area contributed by atoms with E-state index in [4.69, 9.17) is 11.2 Å². The Morgan fingerprint density at radius 2 is 1.50 bits per heavy atom. The van der Waals surface area contributed by atoms with Crippen LogP contribution in [-0.2, 0) is 4.74 Å². The maximum atomic E-state index is 5.47. The van der Waals surface area contributed by atoms with Crippen molar-refractivity contribution < 1.29 is 4.74 Å². The van der Waals surface area contributed by atoms with Gasteiger partial charge >= 0.3 is 144 Å². The van der Waals surface area contributed by atoms with Gasteiger partial charge in [0.15, 0.2) is 0 Å². The van der Waals surface area contributed by atoms with Gasteiger partial charge in [-0.25, -0.2) is 0 Å². The summed E-state index contributed by atoms with van der Waals surface area (Å²) < 4.78 is 11.6. The normalized spacial score (nSPS) is 12.4. The second kappa shape index (κ2) is 14.6. The molecule has 2 heteroatoms. The van der Waals surface area contributed by atoms with Gasteiger partial charge in [-0.3, -0.25) is 0 Å². The SMILES string of the molecule is C#CCOC/C(C)=C/[CH2][Sn]([CH2]CCC)([CH2]CCC)[CH2]CCC. The molecule has 0 aliphatic heterocycles. The number of rotatable bonds is 14. The fourth-order valence-corrected chi connectivity index (χ4v) is 18.6. The zero-order valence-electron chi connectivity index (χ0n) is 15.5. The van der Waals surface area contributed by atoms with E-state index in [9.17, 15) is 0 Å². The van der Waals surface area contributed by atoms with Crippen molar-refractivity contribution in [3.05, 3.63) is 11.6 Å². The molecule has 0 aromatic rings. The molecule has 22 heavy (non-hydrogen) atoms. The third-order valence-corrected chi connectivity index (χ3v) is 19.7. The van der Waals surface area contributed by atoms with Gasteiger partial charge < -0.3 is 0 Å². The third-order valence-electron chi connectivity index (χ3n) is 4.58. The molecule has 0 unspecified atom stereocenters. The second-order valence-electron chi connectivity index (χ2n) is 6.76. The van der Waals surface area contributed by atoms with Crippen molar-refractivity contribution in [3.63, 3.8) is 0 Å². The van der Waals surface area contributed by atoms with Crippen molar-refractivity contribution in [2.75, 3.05) is 13.2 Å². The van der Waals surface area contributed by atoms with Crippen LogP contribution in [0, 0.1) is 12.3 Å². The minimum absolute atomic E-state index is 0.432. The molecule has 0 saturated heterocycles. The molecule has 0 N–H and O–H groups in total. The molecule has 0 spiro atoms. The fourth-order valence-electron chi connectivity index (χ4n) is 3.06. The standard InChI is InChI=1S/C8H11O.3C4H9.Sn/c1-4-6-9-7-8(3)5-2;3*1-3-4-2;/h1,5H,2,6-7H2,3H3;3*1,3-4H2,2H3;/b8-5+;;;;. The molecule has 0 heterocycles. The summed E-state index contributed by atoms with van der Waals surface area (Å²) in [5.41, 5.74) is 1.38. The number of ether oxygens (including phenoxy) is 1. The van der Waals surface area contributed by atoms with Gasteiger partial charge in [0.2, 0.25) is 0 Å². The molecule has 0 aromatic heterocycles. The van der Waals surface area contributed by atoms with Crippen molar-refractivity contribution >= 4 is 18.4 Å². The first-order chi connectivity index (χ1) is 10.6. The van der Waals surface area contributed by atoms with Gasteiger partial charge in [-0.1, -0.05) is 0 Å². The van der Waals surface area contributed by atoms with E-state index in [0.717, 1.165) is 0 Å². The van der Waals surface area contributed by atoms with E-state index in [0.29, 0.717) is 13.2 Å². The topological polar surface area (TPSA) is 9.23 Å². The van der Waals surface area contributed by atoms with E-state index < -0.39 is 18.4 Å². The van der Waals surface area contributed by atoms with Crippen molar-refractivity contribution in [2.24, 2.45) is 0 Å². The Balaban J connectivity index is 4.76. The second-order valence-corrected chi connectivity index (χ2v) is 20.8. The number of allylic oxidation sites excluding steroid dienone is 1. The van der Waals surface area contributed by atoms with Crippen LogP contribution in [0.4, 0.5) is 0 Å². The van der Waals surface area contributed by atoms with Gasteiger partial charge in [-0.15, -0.1) is 0 Å². The number of hydrogen-bond donors (Lipinski definition) is 0. The van der Waals surface area contributed by atoms with E-state index in [-0.39, 0.29) is 0 Å². The van der Waals surface area contributed by atoms with Gasteiger partial charge in [0.1, 0.15) is 0 Å². The molecule has 0 saturated carbocycles. The van der Waals surface area contributed by atoms with Crippen LogP contribution in [0.15, 0.2) is 11.6 Å². The number of terminal acetylenes is 1. The van der Waals surface area contributed by atoms with Gasteiger partial charge in [0.05, 0.1) is 0 Å². The van der Waals surface area contributed by atoms with Crippen LogP contribution >= 0.6 is 0 Å². The molecule has 0 atom stereocenters. The van der Waals surface area contributed by atoms with E-state index in [2.05, 4.69) is 39.7 Å². The van der Waals surface area contributed by atoms with E-state index in [1.54, 1.807) is 13.3 Å². The van der Waals surface area contributed by atoms with Gasteiger partial charge in [0.25, 0.3) is 0 Å². The molecule has 0 amide bonds. The molecular formula is C20H38OSn. The van der Waals surface area contributed by atoms with E-state index in [1.807, 2.05) is 0 Å². The zero-order chi connectivity index (χ0) is 16.7. The molecule has 0 fully saturated rings. The van der Waals surface area contributed by atoms with Crippen LogP contribution in [0.25, 0.3) is 0 Å². The van der Waals surface area contributed by atoms with Crippen molar-refractivity contribution in [2.45, 2.75) is 84.0 Å². The Morgan fingerprint density at radius 1 is 1.00 bits per heavy atom. The summed E-state index contributed by atoms with van der Waals surface area (Å²) in [6, 6.07) is 0. The predicted octanol–water partition coefficient (Wildman–Crippen LogP) is 6.43. The molecule has 0 bridgehead atoms. The van der Waals surface area contributed by atoms with Crippen LogP contribution in [0.1, 0.15) is 66.2 Å². The van der Waals surface area contributed by atoms with Crippen LogP contribution in [0.3, 0.4) is 0 Å². The van der Waals surface area contributed by atoms with Crippen LogP contribution in [0.5, 0.6) is 0 Å². The monoisotopic (exact) mass is 414 g/mol. The Bertz CT molecular complexity index is 305. The molecule has 0 rings (SSSR count). The molecule has 0 radical (unpaired) electrons. The average Bonchev–Trinajstić information content (AvgIpc) is 2.54. The molecule has 128 valence electrons. The van der Waals surface area contributed by atoms with Crippen molar-refractivity contribution in [1.29, 1.82) is 0 Å². The summed E-state index contributed by atoms with van der Waals surface area (Å²) in [4.78, 5) is 0. The zero-order valence-corrected chi connectivity index (χ0v) is 18.4. The van der Waals surface area contributed by atoms with E-state index >= 15 is 0 Å². The quantitative estimate of drug-likeness (QED) is 0.138. The van der Waals surface area contributed by atoms with Gasteiger partial charge in [-0.05, 0) is 0 Å². The van der Waals surface area contributed by atoms with Crippen molar-refractivity contribution in [3.8, 4) is 12.3 Å². The number of hydrogen-bond acceptors (Lipinski definition) is 1. The summed E-state index contributed by atoms with van der Waals surface area (Å²) in [5.74, 6) is 2.54. The molecule has 0 aliphatic carbocycles. The molecule has 0 aromatic carbocycles. The minimum atomic E-state index is -1.99. The van der Waals surface area contributed by atoms with E-state index in [1.165, 1.54) is 48.5 Å². The molecule has 0 aliphatic rings. The Kier molecular flexibility index (Phi) is 14.7. The van der Waals surface area contributed by atoms with Crippen LogP contribution in [0.2, 0.25) is 17.7 Å². The molecule has 1 nitrogen and oxygen atoms in total. The third kappa shape index (κ3) is 10.7. The Morgan fingerprint density at radius 3 is 1.91 bits per heavy atom. The number of unbranched alkanes of at least 4 members (excludes halogenated alkanes) is 3.